The number of hydrogen-bond acceptors (Lipinski definition) is 2. The highest BCUT2D eigenvalue weighted by Gasteiger charge is 1.94. The maximum absolute atomic E-state index is 5.41. The van der Waals surface area contributed by atoms with Gasteiger partial charge in [0.05, 0.1) is 6.61 Å². The molecule has 2 heteroatoms. The predicted molar refractivity (Wildman–Crippen MR) is 58.3 cm³/mol. The first-order valence-corrected chi connectivity index (χ1v) is 4.97. The Morgan fingerprint density at radius 1 is 1.31 bits per heavy atom. The molecule has 0 aliphatic rings. The Morgan fingerprint density at radius 3 is 2.46 bits per heavy atom. The molecule has 13 heavy (non-hydrogen) atoms. The van der Waals surface area contributed by atoms with Crippen molar-refractivity contribution < 1.29 is 4.74 Å². The molecule has 0 unspecified atom stereocenters. The molecule has 0 fully saturated rings. The molecule has 0 rings (SSSR count). The maximum Gasteiger partial charge on any atom is 0.0848 e. The molecule has 76 valence electrons. The Morgan fingerprint density at radius 2 is 2.00 bits per heavy atom. The van der Waals surface area contributed by atoms with E-state index in [0.29, 0.717) is 6.61 Å². The van der Waals surface area contributed by atoms with Gasteiger partial charge in [0.15, 0.2) is 0 Å². The summed E-state index contributed by atoms with van der Waals surface area (Å²) in [5.74, 6) is 0. The Labute approximate surface area is 81.7 Å². The zero-order valence-corrected chi connectivity index (χ0v) is 9.26. The van der Waals surface area contributed by atoms with Crippen LogP contribution in [0, 0.1) is 0 Å². The average Bonchev–Trinajstić information content (AvgIpc) is 2.10. The minimum Gasteiger partial charge on any atom is -0.376 e. The van der Waals surface area contributed by atoms with Crippen molar-refractivity contribution in [3.63, 3.8) is 0 Å². The molecule has 0 amide bonds. The zero-order chi connectivity index (χ0) is 10.1. The van der Waals surface area contributed by atoms with Gasteiger partial charge >= 0.3 is 0 Å². The molecule has 0 bridgehead atoms. The Balaban J connectivity index is 3.87. The summed E-state index contributed by atoms with van der Waals surface area (Å²) in [7, 11) is 0. The van der Waals surface area contributed by atoms with Crippen LogP contribution in [-0.4, -0.2) is 18.9 Å². The molecular weight excluding hydrogens is 162 g/mol. The first-order chi connectivity index (χ1) is 6.20. The molecule has 0 spiro atoms. The van der Waals surface area contributed by atoms with Crippen molar-refractivity contribution in [3.05, 3.63) is 11.8 Å². The Kier molecular flexibility index (Phi) is 7.60. The van der Waals surface area contributed by atoms with Crippen LogP contribution in [0.15, 0.2) is 16.8 Å². The number of aliphatic imine (C=N–C) groups is 1. The molecule has 2 nitrogen and oxygen atoms in total. The lowest BCUT2D eigenvalue weighted by Crippen LogP contribution is -2.07. The summed E-state index contributed by atoms with van der Waals surface area (Å²) >= 11 is 0. The minimum absolute atomic E-state index is 0.675. The molecular formula is C11H21NO. The first-order valence-electron chi connectivity index (χ1n) is 4.97. The van der Waals surface area contributed by atoms with E-state index in [1.54, 1.807) is 0 Å². The van der Waals surface area contributed by atoms with E-state index in [0.717, 1.165) is 25.2 Å². The lowest BCUT2D eigenvalue weighted by Gasteiger charge is -2.03. The predicted octanol–water partition coefficient (Wildman–Crippen LogP) is 3.19. The second-order valence-electron chi connectivity index (χ2n) is 3.31. The molecule has 0 aliphatic carbocycles. The largest absolute Gasteiger partial charge is 0.376 e. The summed E-state index contributed by atoms with van der Waals surface area (Å²) in [6.07, 6.45) is 3.93. The van der Waals surface area contributed by atoms with E-state index >= 15 is 0 Å². The van der Waals surface area contributed by atoms with E-state index in [1.165, 1.54) is 5.57 Å². The topological polar surface area (TPSA) is 21.6 Å². The number of hydrogen-bond donors (Lipinski definition) is 0. The van der Waals surface area contributed by atoms with Crippen LogP contribution in [0.5, 0.6) is 0 Å². The number of rotatable bonds is 6. The molecule has 0 aromatic carbocycles. The SMILES string of the molecule is CCCOCC(CC)=NC=C(C)C. The Bertz CT molecular complexity index is 179. The van der Waals surface area contributed by atoms with E-state index in [1.807, 2.05) is 20.0 Å². The van der Waals surface area contributed by atoms with Gasteiger partial charge in [-0.25, -0.2) is 0 Å². The fraction of sp³-hybridized carbons (Fsp3) is 0.727. The minimum atomic E-state index is 0.675. The van der Waals surface area contributed by atoms with Gasteiger partial charge < -0.3 is 4.74 Å². The second kappa shape index (κ2) is 7.99. The lowest BCUT2D eigenvalue weighted by molar-refractivity contribution is 0.171. The molecule has 0 heterocycles. The Hall–Kier alpha value is -0.630. The highest BCUT2D eigenvalue weighted by Crippen LogP contribution is 1.94. The molecule has 0 aliphatic heterocycles. The lowest BCUT2D eigenvalue weighted by atomic mass is 10.3. The third-order valence-corrected chi connectivity index (χ3v) is 1.53. The van der Waals surface area contributed by atoms with Gasteiger partial charge in [-0.15, -0.1) is 0 Å². The average molecular weight is 183 g/mol. The van der Waals surface area contributed by atoms with Crippen molar-refractivity contribution in [2.24, 2.45) is 4.99 Å². The van der Waals surface area contributed by atoms with Gasteiger partial charge in [-0.2, -0.15) is 0 Å². The highest BCUT2D eigenvalue weighted by atomic mass is 16.5. The van der Waals surface area contributed by atoms with Crippen LogP contribution in [-0.2, 0) is 4.74 Å². The van der Waals surface area contributed by atoms with Crippen molar-refractivity contribution in [2.75, 3.05) is 13.2 Å². The number of nitrogens with zero attached hydrogens (tertiary/aromatic N) is 1. The summed E-state index contributed by atoms with van der Waals surface area (Å²) in [4.78, 5) is 4.34. The second-order valence-corrected chi connectivity index (χ2v) is 3.31. The molecule has 0 N–H and O–H groups in total. The van der Waals surface area contributed by atoms with E-state index in [-0.39, 0.29) is 0 Å². The molecule has 0 aromatic heterocycles. The summed E-state index contributed by atoms with van der Waals surface area (Å²) in [5, 5.41) is 0. The van der Waals surface area contributed by atoms with Gasteiger partial charge in [0, 0.05) is 18.5 Å². The van der Waals surface area contributed by atoms with Crippen LogP contribution in [0.2, 0.25) is 0 Å². The van der Waals surface area contributed by atoms with Crippen LogP contribution >= 0.6 is 0 Å². The maximum atomic E-state index is 5.41. The van der Waals surface area contributed by atoms with E-state index in [9.17, 15) is 0 Å². The van der Waals surface area contributed by atoms with Crippen LogP contribution in [0.1, 0.15) is 40.5 Å². The molecule has 0 radical (unpaired) electrons. The van der Waals surface area contributed by atoms with Crippen molar-refractivity contribution >= 4 is 5.71 Å². The monoisotopic (exact) mass is 183 g/mol. The highest BCUT2D eigenvalue weighted by molar-refractivity contribution is 5.85. The molecule has 0 saturated heterocycles. The van der Waals surface area contributed by atoms with Crippen LogP contribution in [0.25, 0.3) is 0 Å². The molecule has 0 saturated carbocycles. The van der Waals surface area contributed by atoms with Gasteiger partial charge in [0.2, 0.25) is 0 Å². The molecule has 0 aromatic rings. The van der Waals surface area contributed by atoms with E-state index < -0.39 is 0 Å². The first kappa shape index (κ1) is 12.4. The van der Waals surface area contributed by atoms with Gasteiger partial charge in [0.1, 0.15) is 0 Å². The van der Waals surface area contributed by atoms with Crippen molar-refractivity contribution in [1.29, 1.82) is 0 Å². The summed E-state index contributed by atoms with van der Waals surface area (Å²) in [6.45, 7) is 9.81. The van der Waals surface area contributed by atoms with Gasteiger partial charge in [-0.05, 0) is 26.7 Å². The number of ether oxygens (including phenoxy) is 1. The summed E-state index contributed by atoms with van der Waals surface area (Å²) in [6, 6.07) is 0. The fourth-order valence-corrected chi connectivity index (χ4v) is 0.785. The van der Waals surface area contributed by atoms with E-state index in [4.69, 9.17) is 4.74 Å². The summed E-state index contributed by atoms with van der Waals surface area (Å²) in [5.41, 5.74) is 2.34. The number of allylic oxidation sites excluding steroid dienone is 1. The molecule has 0 atom stereocenters. The van der Waals surface area contributed by atoms with Crippen molar-refractivity contribution in [3.8, 4) is 0 Å². The van der Waals surface area contributed by atoms with Crippen molar-refractivity contribution in [1.82, 2.24) is 0 Å². The standard InChI is InChI=1S/C11H21NO/c1-5-7-13-9-11(6-2)12-8-10(3)4/h8H,5-7,9H2,1-4H3. The fourth-order valence-electron chi connectivity index (χ4n) is 0.785. The van der Waals surface area contributed by atoms with Gasteiger partial charge in [-0.3, -0.25) is 4.99 Å². The van der Waals surface area contributed by atoms with Gasteiger partial charge in [-0.1, -0.05) is 19.4 Å². The van der Waals surface area contributed by atoms with Crippen molar-refractivity contribution in [2.45, 2.75) is 40.5 Å². The van der Waals surface area contributed by atoms with Gasteiger partial charge in [0.25, 0.3) is 0 Å². The van der Waals surface area contributed by atoms with E-state index in [2.05, 4.69) is 18.8 Å². The van der Waals surface area contributed by atoms with Crippen LogP contribution < -0.4 is 0 Å². The van der Waals surface area contributed by atoms with Crippen LogP contribution in [0.4, 0.5) is 0 Å². The third-order valence-electron chi connectivity index (χ3n) is 1.53. The normalized spacial score (nSPS) is 11.5. The zero-order valence-electron chi connectivity index (χ0n) is 9.26. The quantitative estimate of drug-likeness (QED) is 0.458. The smallest absolute Gasteiger partial charge is 0.0848 e. The third kappa shape index (κ3) is 7.72. The summed E-state index contributed by atoms with van der Waals surface area (Å²) < 4.78 is 5.41. The van der Waals surface area contributed by atoms with Crippen LogP contribution in [0.3, 0.4) is 0 Å².